The van der Waals surface area contributed by atoms with E-state index < -0.39 is 38.5 Å². The number of aryl methyl sites for hydroxylation is 1. The van der Waals surface area contributed by atoms with E-state index in [0.29, 0.717) is 6.42 Å². The van der Waals surface area contributed by atoms with Crippen LogP contribution in [0.5, 0.6) is 0 Å². The van der Waals surface area contributed by atoms with Gasteiger partial charge in [-0.1, -0.05) is 17.2 Å². The second-order valence-corrected chi connectivity index (χ2v) is 9.91. The zero-order valence-corrected chi connectivity index (χ0v) is 18.5. The fourth-order valence-electron chi connectivity index (χ4n) is 3.39. The number of aromatic nitrogens is 2. The number of nitrogens with zero attached hydrogens (tertiary/aromatic N) is 2. The standard InChI is InChI=1S/C20H18FN3O6S2/c1-2-29-19(26)16-12-7-5-9-14(12)31-18(16)22-15(25)10-32(27,28)20-24-23-17(30-20)11-6-3-4-8-13(11)21/h3-4,6,8H,2,5,7,9-10H2,1H3,(H,22,25). The van der Waals surface area contributed by atoms with Crippen molar-refractivity contribution in [1.29, 1.82) is 0 Å². The number of esters is 1. The van der Waals surface area contributed by atoms with Gasteiger partial charge in [0.2, 0.25) is 15.7 Å². The molecule has 0 unspecified atom stereocenters. The average Bonchev–Trinajstić information content (AvgIpc) is 3.44. The van der Waals surface area contributed by atoms with Crippen LogP contribution in [0.1, 0.15) is 34.1 Å². The van der Waals surface area contributed by atoms with E-state index in [1.165, 1.54) is 35.6 Å². The Balaban J connectivity index is 1.53. The first-order valence-electron chi connectivity index (χ1n) is 9.72. The van der Waals surface area contributed by atoms with Gasteiger partial charge < -0.3 is 14.5 Å². The van der Waals surface area contributed by atoms with Gasteiger partial charge in [-0.15, -0.1) is 16.4 Å². The average molecular weight is 480 g/mol. The van der Waals surface area contributed by atoms with Gasteiger partial charge in [0, 0.05) is 4.88 Å². The predicted octanol–water partition coefficient (Wildman–Crippen LogP) is 3.02. The van der Waals surface area contributed by atoms with Crippen molar-refractivity contribution in [2.75, 3.05) is 17.7 Å². The predicted molar refractivity (Wildman–Crippen MR) is 113 cm³/mol. The van der Waals surface area contributed by atoms with Crippen LogP contribution in [0.25, 0.3) is 11.5 Å². The summed E-state index contributed by atoms with van der Waals surface area (Å²) in [7, 11) is -4.30. The first kappa shape index (κ1) is 22.1. The summed E-state index contributed by atoms with van der Waals surface area (Å²) >= 11 is 1.24. The van der Waals surface area contributed by atoms with Gasteiger partial charge in [0.25, 0.3) is 5.89 Å². The molecule has 1 aliphatic carbocycles. The Labute approximate surface area is 186 Å². The van der Waals surface area contributed by atoms with Gasteiger partial charge in [-0.3, -0.25) is 4.79 Å². The number of ether oxygens (including phenoxy) is 1. The van der Waals surface area contributed by atoms with Crippen molar-refractivity contribution in [2.24, 2.45) is 0 Å². The van der Waals surface area contributed by atoms with Gasteiger partial charge in [0.1, 0.15) is 16.6 Å². The molecule has 0 saturated carbocycles. The van der Waals surface area contributed by atoms with Crippen LogP contribution in [0.4, 0.5) is 9.39 Å². The molecule has 9 nitrogen and oxygen atoms in total. The summed E-state index contributed by atoms with van der Waals surface area (Å²) in [5, 5.41) is 8.98. The van der Waals surface area contributed by atoms with Crippen LogP contribution in [0.2, 0.25) is 0 Å². The Bertz CT molecular complexity index is 1300. The summed E-state index contributed by atoms with van der Waals surface area (Å²) in [4.78, 5) is 25.9. The fourth-order valence-corrected chi connectivity index (χ4v) is 5.59. The Morgan fingerprint density at radius 3 is 2.78 bits per heavy atom. The molecule has 3 aromatic rings. The molecule has 0 fully saturated rings. The molecule has 12 heteroatoms. The van der Waals surface area contributed by atoms with Gasteiger partial charge >= 0.3 is 11.2 Å². The van der Waals surface area contributed by atoms with Crippen LogP contribution < -0.4 is 5.32 Å². The maximum Gasteiger partial charge on any atom is 0.341 e. The summed E-state index contributed by atoms with van der Waals surface area (Å²) < 4.78 is 49.3. The van der Waals surface area contributed by atoms with Crippen molar-refractivity contribution >= 4 is 38.1 Å². The van der Waals surface area contributed by atoms with Gasteiger partial charge in [-0.25, -0.2) is 17.6 Å². The Morgan fingerprint density at radius 1 is 1.25 bits per heavy atom. The molecule has 1 aliphatic rings. The maximum atomic E-state index is 13.9. The molecule has 0 saturated heterocycles. The Hall–Kier alpha value is -3.12. The van der Waals surface area contributed by atoms with Crippen LogP contribution >= 0.6 is 11.3 Å². The van der Waals surface area contributed by atoms with Crippen LogP contribution in [0.3, 0.4) is 0 Å². The number of hydrogen-bond acceptors (Lipinski definition) is 9. The van der Waals surface area contributed by atoms with Crippen molar-refractivity contribution in [3.05, 3.63) is 46.1 Å². The van der Waals surface area contributed by atoms with Crippen molar-refractivity contribution in [1.82, 2.24) is 10.2 Å². The number of carbonyl (C=O) groups is 2. The summed E-state index contributed by atoms with van der Waals surface area (Å²) in [6.45, 7) is 1.85. The molecule has 4 rings (SSSR count). The first-order valence-corrected chi connectivity index (χ1v) is 12.2. The minimum Gasteiger partial charge on any atom is -0.462 e. The molecule has 168 valence electrons. The topological polar surface area (TPSA) is 128 Å². The van der Waals surface area contributed by atoms with E-state index in [1.54, 1.807) is 6.92 Å². The summed E-state index contributed by atoms with van der Waals surface area (Å²) in [5.41, 5.74) is 1.05. The summed E-state index contributed by atoms with van der Waals surface area (Å²) in [6.07, 6.45) is 2.37. The molecule has 0 aliphatic heterocycles. The second-order valence-electron chi connectivity index (χ2n) is 6.94. The first-order chi connectivity index (χ1) is 15.3. The zero-order chi connectivity index (χ0) is 22.9. The second kappa shape index (κ2) is 8.79. The van der Waals surface area contributed by atoms with Crippen LogP contribution in [0.15, 0.2) is 33.9 Å². The Kier molecular flexibility index (Phi) is 6.07. The lowest BCUT2D eigenvalue weighted by Gasteiger charge is -2.07. The molecule has 1 amide bonds. The molecule has 2 heterocycles. The molecular formula is C20H18FN3O6S2. The highest BCUT2D eigenvalue weighted by Crippen LogP contribution is 2.39. The number of carbonyl (C=O) groups excluding carboxylic acids is 2. The largest absolute Gasteiger partial charge is 0.462 e. The molecule has 0 bridgehead atoms. The number of nitrogens with one attached hydrogen (secondary N) is 1. The monoisotopic (exact) mass is 479 g/mol. The molecule has 0 atom stereocenters. The van der Waals surface area contributed by atoms with Gasteiger partial charge in [-0.05, 0) is 43.9 Å². The van der Waals surface area contributed by atoms with Crippen LogP contribution in [-0.2, 0) is 32.2 Å². The number of amides is 1. The fraction of sp³-hybridized carbons (Fsp3) is 0.300. The highest BCUT2D eigenvalue weighted by Gasteiger charge is 2.31. The van der Waals surface area contributed by atoms with E-state index in [-0.39, 0.29) is 28.6 Å². The van der Waals surface area contributed by atoms with Crippen molar-refractivity contribution in [3.63, 3.8) is 0 Å². The minimum atomic E-state index is -4.30. The molecule has 1 N–H and O–H groups in total. The third kappa shape index (κ3) is 4.28. The number of benzene rings is 1. The molecule has 32 heavy (non-hydrogen) atoms. The minimum absolute atomic E-state index is 0.0573. The van der Waals surface area contributed by atoms with Crippen molar-refractivity contribution in [3.8, 4) is 11.5 Å². The van der Waals surface area contributed by atoms with E-state index in [4.69, 9.17) is 9.15 Å². The maximum absolute atomic E-state index is 13.9. The third-order valence-electron chi connectivity index (χ3n) is 4.75. The number of thiophene rings is 1. The van der Waals surface area contributed by atoms with Gasteiger partial charge in [0.05, 0.1) is 17.7 Å². The van der Waals surface area contributed by atoms with Gasteiger partial charge in [-0.2, -0.15) is 0 Å². The van der Waals surface area contributed by atoms with E-state index in [9.17, 15) is 22.4 Å². The molecular weight excluding hydrogens is 461 g/mol. The molecule has 1 aromatic carbocycles. The number of hydrogen-bond donors (Lipinski definition) is 1. The van der Waals surface area contributed by atoms with Crippen LogP contribution in [0, 0.1) is 5.82 Å². The SMILES string of the molecule is CCOC(=O)c1c(NC(=O)CS(=O)(=O)c2nnc(-c3ccccc3F)o2)sc2c1CCC2. The van der Waals surface area contributed by atoms with E-state index in [1.807, 2.05) is 0 Å². The molecule has 0 spiro atoms. The lowest BCUT2D eigenvalue weighted by atomic mass is 10.1. The smallest absolute Gasteiger partial charge is 0.341 e. The van der Waals surface area contributed by atoms with E-state index >= 15 is 0 Å². The molecule has 0 radical (unpaired) electrons. The lowest BCUT2D eigenvalue weighted by molar-refractivity contribution is -0.113. The van der Waals surface area contributed by atoms with Gasteiger partial charge in [0.15, 0.2) is 0 Å². The quantitative estimate of drug-likeness (QED) is 0.512. The lowest BCUT2D eigenvalue weighted by Crippen LogP contribution is -2.24. The summed E-state index contributed by atoms with van der Waals surface area (Å²) in [6, 6.07) is 5.52. The Morgan fingerprint density at radius 2 is 2.03 bits per heavy atom. The van der Waals surface area contributed by atoms with Crippen molar-refractivity contribution in [2.45, 2.75) is 31.4 Å². The number of halogens is 1. The third-order valence-corrected chi connectivity index (χ3v) is 7.30. The number of fused-ring (bicyclic) bond motifs is 1. The number of rotatable bonds is 7. The summed E-state index contributed by atoms with van der Waals surface area (Å²) in [5.74, 6) is -3.40. The highest BCUT2D eigenvalue weighted by atomic mass is 32.2. The van der Waals surface area contributed by atoms with E-state index in [2.05, 4.69) is 15.5 Å². The van der Waals surface area contributed by atoms with Crippen molar-refractivity contribution < 1.29 is 31.6 Å². The highest BCUT2D eigenvalue weighted by molar-refractivity contribution is 7.91. The van der Waals surface area contributed by atoms with E-state index in [0.717, 1.165) is 23.3 Å². The normalized spacial score (nSPS) is 13.1. The van der Waals surface area contributed by atoms with Crippen LogP contribution in [-0.4, -0.2) is 42.9 Å². The zero-order valence-electron chi connectivity index (χ0n) is 16.9. The number of anilines is 1. The number of sulfone groups is 1. The molecule has 2 aromatic heterocycles.